The van der Waals surface area contributed by atoms with Gasteiger partial charge in [0.25, 0.3) is 17.4 Å². The fourth-order valence-electron chi connectivity index (χ4n) is 6.88. The molecule has 0 aromatic heterocycles. The van der Waals surface area contributed by atoms with Crippen LogP contribution in [0.5, 0.6) is 0 Å². The largest absolute Gasteiger partial charge is 0.430 e. The summed E-state index contributed by atoms with van der Waals surface area (Å²) in [5.41, 5.74) is -2.86. The van der Waals surface area contributed by atoms with Crippen molar-refractivity contribution in [2.24, 2.45) is 5.92 Å². The lowest BCUT2D eigenvalue weighted by atomic mass is 9.84. The predicted octanol–water partition coefficient (Wildman–Crippen LogP) is 3.96. The van der Waals surface area contributed by atoms with Gasteiger partial charge < -0.3 is 25.1 Å². The van der Waals surface area contributed by atoms with E-state index in [9.17, 15) is 32.7 Å². The number of hydrogen-bond acceptors (Lipinski definition) is 6. The minimum atomic E-state index is -5.15. The van der Waals surface area contributed by atoms with Gasteiger partial charge in [0.1, 0.15) is 0 Å². The Kier molecular flexibility index (Phi) is 9.24. The number of hydrogen-bond donors (Lipinski definition) is 2. The highest BCUT2D eigenvalue weighted by Gasteiger charge is 2.62. The molecule has 1 atom stereocenters. The second-order valence-corrected chi connectivity index (χ2v) is 13.2. The van der Waals surface area contributed by atoms with Gasteiger partial charge in [-0.1, -0.05) is 48.4 Å². The third-order valence-corrected chi connectivity index (χ3v) is 10.3. The lowest BCUT2D eigenvalue weighted by molar-refractivity contribution is -0.262. The molecule has 4 fully saturated rings. The first-order chi connectivity index (χ1) is 22.0. The molecule has 3 heterocycles. The van der Waals surface area contributed by atoms with Crippen molar-refractivity contribution in [1.29, 1.82) is 0 Å². The zero-order valence-corrected chi connectivity index (χ0v) is 26.3. The van der Waals surface area contributed by atoms with Gasteiger partial charge in [0, 0.05) is 75.6 Å². The molecule has 1 saturated carbocycles. The molecule has 46 heavy (non-hydrogen) atoms. The first-order valence-electron chi connectivity index (χ1n) is 16.0. The fraction of sp³-hybridized carbons (Fsp3) is 0.545. The Balaban J connectivity index is 0.962. The van der Waals surface area contributed by atoms with Crippen LogP contribution >= 0.6 is 11.6 Å². The average molecular weight is 662 g/mol. The van der Waals surface area contributed by atoms with Crippen LogP contribution in [0.2, 0.25) is 5.02 Å². The molecule has 9 nitrogen and oxygen atoms in total. The number of carbonyl (C=O) groups excluding carboxylic acids is 3. The maximum absolute atomic E-state index is 14.0. The van der Waals surface area contributed by atoms with Gasteiger partial charge in [-0.3, -0.25) is 19.3 Å². The van der Waals surface area contributed by atoms with Crippen molar-refractivity contribution < 1.29 is 32.7 Å². The van der Waals surface area contributed by atoms with Crippen molar-refractivity contribution >= 4 is 35.0 Å². The van der Waals surface area contributed by atoms with Crippen molar-refractivity contribution in [1.82, 2.24) is 19.6 Å². The number of likely N-dealkylation sites (tertiary alicyclic amines) is 2. The number of nitrogens with zero attached hydrogens (tertiary/aromatic N) is 4. The smallest absolute Gasteiger partial charge is 0.380 e. The number of piperidine rings is 1. The van der Waals surface area contributed by atoms with Gasteiger partial charge in [-0.25, -0.2) is 0 Å². The molecule has 4 aliphatic rings. The Labute approximate surface area is 271 Å². The maximum Gasteiger partial charge on any atom is 0.430 e. The number of carbonyl (C=O) groups is 3. The molecule has 3 amide bonds. The van der Waals surface area contributed by atoms with E-state index in [4.69, 9.17) is 11.6 Å². The Morgan fingerprint density at radius 1 is 0.826 bits per heavy atom. The number of anilines is 1. The molecule has 0 spiro atoms. The standard InChI is InChI=1S/C33H39ClF3N5O4/c34-28-19-24(9-10-27(28)30(44)40-17-15-39(16-18-40)29(43)22-5-4-6-22)38-25-20-42(21-25)26-11-13-41(14-12-26)31(45)32(46,33(35,36)37)23-7-2-1-3-8-23/h1-3,7-10,19,22,25-26,38,46H,4-6,11-18,20-21H2. The SMILES string of the molecule is O=C(c1ccc(NC2CN(C3CCN(C(=O)C(O)(c4ccccc4)C(F)(F)F)CC3)C2)cc1Cl)N1CCN(C(=O)C2CCC2)CC1. The van der Waals surface area contributed by atoms with E-state index in [0.29, 0.717) is 49.6 Å². The molecule has 2 aromatic carbocycles. The van der Waals surface area contributed by atoms with Crippen molar-refractivity contribution in [3.8, 4) is 0 Å². The van der Waals surface area contributed by atoms with Crippen LogP contribution in [0.1, 0.15) is 48.0 Å². The lowest BCUT2D eigenvalue weighted by Crippen LogP contribution is -2.62. The van der Waals surface area contributed by atoms with Crippen LogP contribution in [0.15, 0.2) is 48.5 Å². The number of rotatable bonds is 7. The van der Waals surface area contributed by atoms with Gasteiger partial charge in [-0.15, -0.1) is 0 Å². The molecular formula is C33H39ClF3N5O4. The van der Waals surface area contributed by atoms with Gasteiger partial charge >= 0.3 is 6.18 Å². The summed E-state index contributed by atoms with van der Waals surface area (Å²) >= 11 is 6.54. The van der Waals surface area contributed by atoms with Crippen LogP contribution in [0.3, 0.4) is 0 Å². The molecule has 3 saturated heterocycles. The van der Waals surface area contributed by atoms with Gasteiger partial charge in [0.2, 0.25) is 5.91 Å². The van der Waals surface area contributed by atoms with E-state index < -0.39 is 23.2 Å². The average Bonchev–Trinajstić information content (AvgIpc) is 3.01. The highest BCUT2D eigenvalue weighted by molar-refractivity contribution is 6.34. The Morgan fingerprint density at radius 2 is 1.46 bits per heavy atom. The highest BCUT2D eigenvalue weighted by atomic mass is 35.5. The molecule has 0 bridgehead atoms. The van der Waals surface area contributed by atoms with E-state index in [1.54, 1.807) is 17.0 Å². The van der Waals surface area contributed by atoms with Crippen LogP contribution in [-0.4, -0.2) is 113 Å². The summed E-state index contributed by atoms with van der Waals surface area (Å²) in [4.78, 5) is 45.7. The van der Waals surface area contributed by atoms with Crippen LogP contribution in [0.4, 0.5) is 18.9 Å². The maximum atomic E-state index is 14.0. The third-order valence-electron chi connectivity index (χ3n) is 9.99. The van der Waals surface area contributed by atoms with Gasteiger partial charge in [-0.05, 0) is 43.9 Å². The van der Waals surface area contributed by atoms with Crippen LogP contribution in [0.25, 0.3) is 0 Å². The quantitative estimate of drug-likeness (QED) is 0.467. The Bertz CT molecular complexity index is 1440. The number of piperazine rings is 1. The summed E-state index contributed by atoms with van der Waals surface area (Å²) in [6.45, 7) is 3.73. The van der Waals surface area contributed by atoms with Crippen molar-refractivity contribution in [3.05, 3.63) is 64.7 Å². The number of aliphatic hydroxyl groups is 1. The molecule has 0 radical (unpaired) electrons. The van der Waals surface area contributed by atoms with Crippen LogP contribution < -0.4 is 5.32 Å². The topological polar surface area (TPSA) is 96.4 Å². The van der Waals surface area contributed by atoms with Gasteiger partial charge in [0.15, 0.2) is 0 Å². The van der Waals surface area contributed by atoms with Crippen molar-refractivity contribution in [2.45, 2.75) is 56.0 Å². The molecule has 248 valence electrons. The lowest BCUT2D eigenvalue weighted by Gasteiger charge is -2.48. The number of halogens is 4. The van der Waals surface area contributed by atoms with E-state index >= 15 is 0 Å². The van der Waals surface area contributed by atoms with E-state index in [0.717, 1.165) is 55.1 Å². The molecule has 2 N–H and O–H groups in total. The second kappa shape index (κ2) is 13.0. The molecule has 6 rings (SSSR count). The molecule has 1 aliphatic carbocycles. The predicted molar refractivity (Wildman–Crippen MR) is 166 cm³/mol. The summed E-state index contributed by atoms with van der Waals surface area (Å²) in [5.74, 6) is -1.13. The summed E-state index contributed by atoms with van der Waals surface area (Å²) in [5, 5.41) is 14.4. The zero-order chi connectivity index (χ0) is 32.6. The third kappa shape index (κ3) is 6.31. The zero-order valence-electron chi connectivity index (χ0n) is 25.5. The van der Waals surface area contributed by atoms with Crippen LogP contribution in [0, 0.1) is 5.92 Å². The number of amides is 3. The molecule has 3 aliphatic heterocycles. The molecule has 2 aromatic rings. The summed E-state index contributed by atoms with van der Waals surface area (Å²) in [6, 6.07) is 12.0. The molecule has 13 heteroatoms. The molecule has 1 unspecified atom stereocenters. The normalized spacial score (nSPS) is 21.7. The van der Waals surface area contributed by atoms with E-state index in [1.807, 2.05) is 11.0 Å². The highest BCUT2D eigenvalue weighted by Crippen LogP contribution is 2.41. The second-order valence-electron chi connectivity index (χ2n) is 12.8. The van der Waals surface area contributed by atoms with Gasteiger partial charge in [-0.2, -0.15) is 13.2 Å². The minimum Gasteiger partial charge on any atom is -0.380 e. The summed E-state index contributed by atoms with van der Waals surface area (Å²) < 4.78 is 41.9. The number of nitrogens with one attached hydrogen (secondary N) is 1. The monoisotopic (exact) mass is 661 g/mol. The fourth-order valence-corrected chi connectivity index (χ4v) is 7.14. The summed E-state index contributed by atoms with van der Waals surface area (Å²) in [6.07, 6.45) is -1.10. The first-order valence-corrected chi connectivity index (χ1v) is 16.4. The number of benzene rings is 2. The summed E-state index contributed by atoms with van der Waals surface area (Å²) in [7, 11) is 0. The van der Waals surface area contributed by atoms with E-state index in [1.165, 1.54) is 18.2 Å². The van der Waals surface area contributed by atoms with E-state index in [-0.39, 0.29) is 42.9 Å². The van der Waals surface area contributed by atoms with Gasteiger partial charge in [0.05, 0.1) is 16.6 Å². The Hall–Kier alpha value is -3.35. The van der Waals surface area contributed by atoms with Crippen molar-refractivity contribution in [3.63, 3.8) is 0 Å². The van der Waals surface area contributed by atoms with Crippen molar-refractivity contribution in [2.75, 3.05) is 57.7 Å². The van der Waals surface area contributed by atoms with Crippen LogP contribution in [-0.2, 0) is 15.2 Å². The first kappa shape index (κ1) is 32.6. The minimum absolute atomic E-state index is 0.117. The Morgan fingerprint density at radius 3 is 2.02 bits per heavy atom. The molecular weight excluding hydrogens is 623 g/mol. The van der Waals surface area contributed by atoms with E-state index in [2.05, 4.69) is 10.2 Å². The number of alkyl halides is 3.